The number of amides is 1. The van der Waals surface area contributed by atoms with Crippen LogP contribution in [0.25, 0.3) is 10.8 Å². The first-order valence-electron chi connectivity index (χ1n) is 11.5. The van der Waals surface area contributed by atoms with E-state index >= 15 is 0 Å². The number of unbranched alkanes of at least 4 members (excludes halogenated alkanes) is 2. The maximum absolute atomic E-state index is 12.9. The van der Waals surface area contributed by atoms with Crippen LogP contribution in [0.4, 0.5) is 0 Å². The second kappa shape index (κ2) is 13.0. The maximum atomic E-state index is 12.9. The number of hydrogen-bond acceptors (Lipinski definition) is 5. The molecule has 3 aromatic rings. The van der Waals surface area contributed by atoms with Crippen molar-refractivity contribution in [2.75, 3.05) is 20.3 Å². The fourth-order valence-electron chi connectivity index (χ4n) is 3.58. The smallest absolute Gasteiger partial charge is 0.305 e. The SMILES string of the molecule is COC(=O)CCCCC=C(COc1cccc2ccccc12)C(=O)NCCc1ccc(O)cc1. The molecule has 178 valence electrons. The number of esters is 1. The molecular weight excluding hydrogens is 430 g/mol. The van der Waals surface area contributed by atoms with Gasteiger partial charge >= 0.3 is 5.97 Å². The lowest BCUT2D eigenvalue weighted by Crippen LogP contribution is -2.29. The van der Waals surface area contributed by atoms with E-state index in [0.29, 0.717) is 37.8 Å². The van der Waals surface area contributed by atoms with E-state index in [9.17, 15) is 14.7 Å². The van der Waals surface area contributed by atoms with Crippen LogP contribution in [0.15, 0.2) is 78.4 Å². The van der Waals surface area contributed by atoms with Gasteiger partial charge in [0.05, 0.1) is 12.7 Å². The minimum atomic E-state index is -0.226. The number of methoxy groups -OCH3 is 1. The molecule has 0 unspecified atom stereocenters. The number of aromatic hydroxyl groups is 1. The van der Waals surface area contributed by atoms with Gasteiger partial charge in [-0.05, 0) is 54.8 Å². The molecule has 0 aliphatic heterocycles. The van der Waals surface area contributed by atoms with Crippen molar-refractivity contribution in [1.82, 2.24) is 5.32 Å². The number of carbonyl (C=O) groups is 2. The standard InChI is InChI=1S/C28H31NO5/c1-33-27(31)13-4-2-3-9-23(28(32)29-19-18-21-14-16-24(30)17-15-21)20-34-26-12-7-10-22-8-5-6-11-25(22)26/h5-12,14-17,30H,2-4,13,18-20H2,1H3,(H,29,32). The molecule has 3 rings (SSSR count). The van der Waals surface area contributed by atoms with Crippen molar-refractivity contribution in [3.8, 4) is 11.5 Å². The van der Waals surface area contributed by atoms with Crippen LogP contribution in [-0.4, -0.2) is 37.2 Å². The van der Waals surface area contributed by atoms with Crippen LogP contribution < -0.4 is 10.1 Å². The Morgan fingerprint density at radius 1 is 0.971 bits per heavy atom. The minimum absolute atomic E-state index is 0.149. The number of carbonyl (C=O) groups excluding carboxylic acids is 2. The lowest BCUT2D eigenvalue weighted by Gasteiger charge is -2.13. The second-order valence-corrected chi connectivity index (χ2v) is 7.99. The van der Waals surface area contributed by atoms with Crippen LogP contribution >= 0.6 is 0 Å². The Morgan fingerprint density at radius 3 is 2.53 bits per heavy atom. The van der Waals surface area contributed by atoms with E-state index in [2.05, 4.69) is 10.1 Å². The minimum Gasteiger partial charge on any atom is -0.508 e. The molecule has 1 amide bonds. The summed E-state index contributed by atoms with van der Waals surface area (Å²) < 4.78 is 10.7. The Morgan fingerprint density at radius 2 is 1.74 bits per heavy atom. The zero-order valence-electron chi connectivity index (χ0n) is 19.5. The number of fused-ring (bicyclic) bond motifs is 1. The molecule has 6 nitrogen and oxygen atoms in total. The van der Waals surface area contributed by atoms with E-state index < -0.39 is 0 Å². The van der Waals surface area contributed by atoms with Gasteiger partial charge in [-0.2, -0.15) is 0 Å². The average Bonchev–Trinajstić information content (AvgIpc) is 2.86. The molecule has 0 radical (unpaired) electrons. The molecule has 0 saturated carbocycles. The maximum Gasteiger partial charge on any atom is 0.305 e. The highest BCUT2D eigenvalue weighted by Gasteiger charge is 2.11. The predicted octanol–water partition coefficient (Wildman–Crippen LogP) is 4.94. The molecule has 0 atom stereocenters. The summed E-state index contributed by atoms with van der Waals surface area (Å²) in [5.41, 5.74) is 1.58. The summed E-state index contributed by atoms with van der Waals surface area (Å²) in [5, 5.41) is 14.4. The highest BCUT2D eigenvalue weighted by atomic mass is 16.5. The second-order valence-electron chi connectivity index (χ2n) is 7.99. The van der Waals surface area contributed by atoms with Gasteiger partial charge in [-0.3, -0.25) is 9.59 Å². The molecule has 0 aromatic heterocycles. The first-order chi connectivity index (χ1) is 16.6. The number of phenolic OH excluding ortho intramolecular Hbond substituents is 1. The van der Waals surface area contributed by atoms with E-state index in [1.54, 1.807) is 12.1 Å². The van der Waals surface area contributed by atoms with Crippen LogP contribution in [0.5, 0.6) is 11.5 Å². The normalized spacial score (nSPS) is 11.3. The lowest BCUT2D eigenvalue weighted by atomic mass is 10.1. The molecule has 0 spiro atoms. The number of hydrogen-bond donors (Lipinski definition) is 2. The van der Waals surface area contributed by atoms with Gasteiger partial charge in [-0.1, -0.05) is 54.6 Å². The molecule has 6 heteroatoms. The van der Waals surface area contributed by atoms with Gasteiger partial charge in [-0.25, -0.2) is 0 Å². The monoisotopic (exact) mass is 461 g/mol. The van der Waals surface area contributed by atoms with Gasteiger partial charge in [0.25, 0.3) is 0 Å². The first kappa shape index (κ1) is 24.8. The summed E-state index contributed by atoms with van der Waals surface area (Å²) in [4.78, 5) is 24.2. The van der Waals surface area contributed by atoms with E-state index in [4.69, 9.17) is 4.74 Å². The molecule has 0 aliphatic rings. The Hall–Kier alpha value is -3.80. The number of rotatable bonds is 12. The van der Waals surface area contributed by atoms with Crippen molar-refractivity contribution >= 4 is 22.6 Å². The number of allylic oxidation sites excluding steroid dienone is 1. The van der Waals surface area contributed by atoms with Gasteiger partial charge in [-0.15, -0.1) is 0 Å². The fourth-order valence-corrected chi connectivity index (χ4v) is 3.58. The number of benzene rings is 3. The third-order valence-corrected chi connectivity index (χ3v) is 5.51. The Labute approximate surface area is 200 Å². The van der Waals surface area contributed by atoms with E-state index in [-0.39, 0.29) is 24.2 Å². The predicted molar refractivity (Wildman–Crippen MR) is 133 cm³/mol. The Balaban J connectivity index is 1.61. The number of ether oxygens (including phenoxy) is 2. The fraction of sp³-hybridized carbons (Fsp3) is 0.286. The molecule has 34 heavy (non-hydrogen) atoms. The highest BCUT2D eigenvalue weighted by molar-refractivity contribution is 5.94. The van der Waals surface area contributed by atoms with Crippen LogP contribution in [0, 0.1) is 0 Å². The summed E-state index contributed by atoms with van der Waals surface area (Å²) in [6, 6.07) is 20.8. The van der Waals surface area contributed by atoms with Crippen LogP contribution in [0.3, 0.4) is 0 Å². The van der Waals surface area contributed by atoms with Gasteiger partial charge in [0.15, 0.2) is 0 Å². The molecule has 0 saturated heterocycles. The number of phenols is 1. The summed E-state index contributed by atoms with van der Waals surface area (Å²) in [6.07, 6.45) is 5.04. The van der Waals surface area contributed by atoms with Gasteiger partial charge in [0.1, 0.15) is 18.1 Å². The quantitative estimate of drug-likeness (QED) is 0.227. The van der Waals surface area contributed by atoms with Crippen molar-refractivity contribution in [3.05, 3.63) is 83.9 Å². The van der Waals surface area contributed by atoms with E-state index in [1.807, 2.05) is 60.7 Å². The van der Waals surface area contributed by atoms with Crippen molar-refractivity contribution in [1.29, 1.82) is 0 Å². The molecule has 2 N–H and O–H groups in total. The van der Waals surface area contributed by atoms with Gasteiger partial charge in [0, 0.05) is 18.4 Å². The molecule has 0 aliphatic carbocycles. The van der Waals surface area contributed by atoms with Crippen molar-refractivity contribution < 1.29 is 24.2 Å². The third-order valence-electron chi connectivity index (χ3n) is 5.51. The topological polar surface area (TPSA) is 84.9 Å². The van der Waals surface area contributed by atoms with Crippen LogP contribution in [0.1, 0.15) is 31.2 Å². The zero-order chi connectivity index (χ0) is 24.2. The number of nitrogens with one attached hydrogen (secondary N) is 1. The summed E-state index contributed by atoms with van der Waals surface area (Å²) in [7, 11) is 1.38. The van der Waals surface area contributed by atoms with E-state index in [0.717, 1.165) is 28.5 Å². The summed E-state index contributed by atoms with van der Waals surface area (Å²) >= 11 is 0. The third kappa shape index (κ3) is 7.66. The largest absolute Gasteiger partial charge is 0.508 e. The summed E-state index contributed by atoms with van der Waals surface area (Å²) in [6.45, 7) is 0.619. The molecule has 0 heterocycles. The molecular formula is C28H31NO5. The highest BCUT2D eigenvalue weighted by Crippen LogP contribution is 2.25. The van der Waals surface area contributed by atoms with Crippen molar-refractivity contribution in [2.45, 2.75) is 32.1 Å². The summed E-state index contributed by atoms with van der Waals surface area (Å²) in [5.74, 6) is 0.546. The zero-order valence-corrected chi connectivity index (χ0v) is 19.5. The van der Waals surface area contributed by atoms with Crippen molar-refractivity contribution in [2.24, 2.45) is 0 Å². The average molecular weight is 462 g/mol. The Kier molecular flexibility index (Phi) is 9.52. The van der Waals surface area contributed by atoms with Crippen molar-refractivity contribution in [3.63, 3.8) is 0 Å². The van der Waals surface area contributed by atoms with E-state index in [1.165, 1.54) is 7.11 Å². The Bertz CT molecular complexity index is 1120. The molecule has 3 aromatic carbocycles. The van der Waals surface area contributed by atoms with Gasteiger partial charge < -0.3 is 19.9 Å². The lowest BCUT2D eigenvalue weighted by molar-refractivity contribution is -0.140. The van der Waals surface area contributed by atoms with Crippen LogP contribution in [0.2, 0.25) is 0 Å². The first-order valence-corrected chi connectivity index (χ1v) is 11.5. The van der Waals surface area contributed by atoms with Gasteiger partial charge in [0.2, 0.25) is 5.91 Å². The molecule has 0 fully saturated rings. The van der Waals surface area contributed by atoms with Crippen LogP contribution in [-0.2, 0) is 20.7 Å². The molecule has 0 bridgehead atoms.